The lowest BCUT2D eigenvalue weighted by Gasteiger charge is -2.20. The van der Waals surface area contributed by atoms with Crippen LogP contribution in [0, 0.1) is 6.92 Å². The van der Waals surface area contributed by atoms with E-state index in [2.05, 4.69) is 28.2 Å². The Morgan fingerprint density at radius 3 is 2.36 bits per heavy atom. The fourth-order valence-electron chi connectivity index (χ4n) is 4.07. The fourth-order valence-corrected chi connectivity index (χ4v) is 5.33. The number of anilines is 1. The van der Waals surface area contributed by atoms with Crippen molar-refractivity contribution in [2.75, 3.05) is 4.72 Å². The van der Waals surface area contributed by atoms with Gasteiger partial charge in [0.15, 0.2) is 0 Å². The molecule has 5 nitrogen and oxygen atoms in total. The van der Waals surface area contributed by atoms with Gasteiger partial charge in [-0.15, -0.1) is 0 Å². The van der Waals surface area contributed by atoms with Gasteiger partial charge in [-0.1, -0.05) is 47.5 Å². The van der Waals surface area contributed by atoms with Crippen molar-refractivity contribution >= 4 is 33.2 Å². The molecular weight excluding hydrogens is 456 g/mol. The number of carbonyl (C=O) groups is 1. The SMILES string of the molecule is Cc1ccc(S(=O)(=O)Nc2ccc(Cl)c(C(=O)N[C@H](C)c3ccc4c(c3)CCCC4)c2)cc1. The number of benzene rings is 3. The van der Waals surface area contributed by atoms with E-state index < -0.39 is 10.0 Å². The second-order valence-electron chi connectivity index (χ2n) is 8.54. The highest BCUT2D eigenvalue weighted by Gasteiger charge is 2.19. The first-order valence-corrected chi connectivity index (χ1v) is 12.9. The highest BCUT2D eigenvalue weighted by molar-refractivity contribution is 7.92. The van der Waals surface area contributed by atoms with Gasteiger partial charge in [-0.2, -0.15) is 0 Å². The number of hydrogen-bond donors (Lipinski definition) is 2. The number of nitrogens with one attached hydrogen (secondary N) is 2. The molecule has 0 aliphatic heterocycles. The first-order chi connectivity index (χ1) is 15.7. The van der Waals surface area contributed by atoms with E-state index in [1.54, 1.807) is 24.3 Å². The number of sulfonamides is 1. The average molecular weight is 483 g/mol. The summed E-state index contributed by atoms with van der Waals surface area (Å²) in [6.45, 7) is 3.82. The molecule has 1 atom stereocenters. The molecule has 7 heteroatoms. The molecule has 2 N–H and O–H groups in total. The number of fused-ring (bicyclic) bond motifs is 1. The Balaban J connectivity index is 1.51. The summed E-state index contributed by atoms with van der Waals surface area (Å²) in [6.07, 6.45) is 4.59. The Morgan fingerprint density at radius 2 is 1.64 bits per heavy atom. The maximum Gasteiger partial charge on any atom is 0.261 e. The van der Waals surface area contributed by atoms with E-state index in [0.29, 0.717) is 0 Å². The lowest BCUT2D eigenvalue weighted by Crippen LogP contribution is -2.27. The van der Waals surface area contributed by atoms with Gasteiger partial charge in [0.05, 0.1) is 21.5 Å². The van der Waals surface area contributed by atoms with Crippen molar-refractivity contribution in [3.8, 4) is 0 Å². The Bertz CT molecular complexity index is 1290. The van der Waals surface area contributed by atoms with Gasteiger partial charge in [-0.05, 0) is 86.6 Å². The summed E-state index contributed by atoms with van der Waals surface area (Å²) in [7, 11) is -3.79. The third-order valence-electron chi connectivity index (χ3n) is 6.01. The summed E-state index contributed by atoms with van der Waals surface area (Å²) in [5.74, 6) is -0.360. The van der Waals surface area contributed by atoms with Crippen LogP contribution < -0.4 is 10.0 Å². The second kappa shape index (κ2) is 9.57. The lowest BCUT2D eigenvalue weighted by molar-refractivity contribution is 0.0940. The zero-order valence-electron chi connectivity index (χ0n) is 18.7. The Labute approximate surface area is 200 Å². The van der Waals surface area contributed by atoms with Gasteiger partial charge in [0, 0.05) is 5.69 Å². The normalized spacial score (nSPS) is 14.3. The molecule has 33 heavy (non-hydrogen) atoms. The minimum atomic E-state index is -3.79. The van der Waals surface area contributed by atoms with Crippen molar-refractivity contribution in [1.82, 2.24) is 5.32 Å². The summed E-state index contributed by atoms with van der Waals surface area (Å²) in [5.41, 5.74) is 5.23. The van der Waals surface area contributed by atoms with E-state index in [4.69, 9.17) is 11.6 Å². The van der Waals surface area contributed by atoms with Gasteiger partial charge < -0.3 is 5.32 Å². The molecule has 0 spiro atoms. The molecule has 0 radical (unpaired) electrons. The van der Waals surface area contributed by atoms with Gasteiger partial charge >= 0.3 is 0 Å². The zero-order valence-corrected chi connectivity index (χ0v) is 20.3. The molecular formula is C26H27ClN2O3S. The molecule has 0 heterocycles. The summed E-state index contributed by atoms with van der Waals surface area (Å²) in [5, 5.41) is 3.24. The van der Waals surface area contributed by atoms with Crippen LogP contribution in [0.15, 0.2) is 65.6 Å². The third-order valence-corrected chi connectivity index (χ3v) is 7.74. The van der Waals surface area contributed by atoms with Gasteiger partial charge in [0.25, 0.3) is 15.9 Å². The number of hydrogen-bond acceptors (Lipinski definition) is 3. The number of aryl methyl sites for hydroxylation is 3. The van der Waals surface area contributed by atoms with E-state index in [9.17, 15) is 13.2 Å². The molecule has 4 rings (SSSR count). The van der Waals surface area contributed by atoms with Gasteiger partial charge in [-0.3, -0.25) is 9.52 Å². The summed E-state index contributed by atoms with van der Waals surface area (Å²) >= 11 is 6.28. The zero-order chi connectivity index (χ0) is 23.6. The molecule has 0 saturated carbocycles. The largest absolute Gasteiger partial charge is 0.345 e. The number of halogens is 1. The Kier molecular flexibility index (Phi) is 6.77. The standard InChI is InChI=1S/C26H27ClN2O3S/c1-17-7-12-23(13-8-17)33(31,32)29-22-11-14-25(27)24(16-22)26(30)28-18(2)20-10-9-19-5-3-4-6-21(19)15-20/h7-16,18,29H,3-6H2,1-2H3,(H,28,30)/t18-/m1/s1. The number of rotatable bonds is 6. The molecule has 1 aliphatic rings. The van der Waals surface area contributed by atoms with Crippen LogP contribution in [0.25, 0.3) is 0 Å². The van der Waals surface area contributed by atoms with E-state index in [-0.39, 0.29) is 33.1 Å². The van der Waals surface area contributed by atoms with Crippen LogP contribution in [0.2, 0.25) is 5.02 Å². The first kappa shape index (κ1) is 23.3. The molecule has 1 amide bonds. The molecule has 0 unspecified atom stereocenters. The van der Waals surface area contributed by atoms with Gasteiger partial charge in [-0.25, -0.2) is 8.42 Å². The third kappa shape index (κ3) is 5.40. The molecule has 0 bridgehead atoms. The van der Waals surface area contributed by atoms with Crippen LogP contribution in [-0.4, -0.2) is 14.3 Å². The van der Waals surface area contributed by atoms with Crippen LogP contribution in [0.1, 0.15) is 58.4 Å². The van der Waals surface area contributed by atoms with Gasteiger partial charge in [0.2, 0.25) is 0 Å². The maximum absolute atomic E-state index is 13.0. The van der Waals surface area contributed by atoms with Gasteiger partial charge in [0.1, 0.15) is 0 Å². The van der Waals surface area contributed by atoms with Crippen LogP contribution in [0.3, 0.4) is 0 Å². The smallest absolute Gasteiger partial charge is 0.261 e. The average Bonchev–Trinajstić information content (AvgIpc) is 2.80. The van der Waals surface area contributed by atoms with E-state index >= 15 is 0 Å². The Morgan fingerprint density at radius 1 is 0.939 bits per heavy atom. The predicted octanol–water partition coefficient (Wildman–Crippen LogP) is 5.82. The molecule has 3 aromatic rings. The minimum absolute atomic E-state index is 0.148. The minimum Gasteiger partial charge on any atom is -0.345 e. The van der Waals surface area contributed by atoms with Crippen LogP contribution in [0.4, 0.5) is 5.69 Å². The van der Waals surface area contributed by atoms with Crippen molar-refractivity contribution in [1.29, 1.82) is 0 Å². The van der Waals surface area contributed by atoms with Crippen LogP contribution in [0.5, 0.6) is 0 Å². The first-order valence-electron chi connectivity index (χ1n) is 11.0. The molecule has 0 saturated heterocycles. The second-order valence-corrected chi connectivity index (χ2v) is 10.6. The summed E-state index contributed by atoms with van der Waals surface area (Å²) < 4.78 is 28.0. The van der Waals surface area contributed by atoms with Crippen LogP contribution >= 0.6 is 11.6 Å². The number of amides is 1. The van der Waals surface area contributed by atoms with Crippen molar-refractivity contribution in [2.45, 2.75) is 50.5 Å². The Hall–Kier alpha value is -2.83. The summed E-state index contributed by atoms with van der Waals surface area (Å²) in [6, 6.07) is 17.2. The molecule has 0 fully saturated rings. The number of carbonyl (C=O) groups excluding carboxylic acids is 1. The van der Waals surface area contributed by atoms with Crippen molar-refractivity contribution in [3.63, 3.8) is 0 Å². The fraction of sp³-hybridized carbons (Fsp3) is 0.269. The van der Waals surface area contributed by atoms with E-state index in [1.165, 1.54) is 42.2 Å². The maximum atomic E-state index is 13.0. The van der Waals surface area contributed by atoms with E-state index in [0.717, 1.165) is 24.0 Å². The highest BCUT2D eigenvalue weighted by Crippen LogP contribution is 2.27. The quantitative estimate of drug-likeness (QED) is 0.465. The molecule has 172 valence electrons. The van der Waals surface area contributed by atoms with E-state index in [1.807, 2.05) is 13.8 Å². The highest BCUT2D eigenvalue weighted by atomic mass is 35.5. The summed E-state index contributed by atoms with van der Waals surface area (Å²) in [4.78, 5) is 13.1. The molecule has 3 aromatic carbocycles. The van der Waals surface area contributed by atoms with Crippen molar-refractivity contribution in [3.05, 3.63) is 93.5 Å². The lowest BCUT2D eigenvalue weighted by atomic mass is 9.89. The predicted molar refractivity (Wildman–Crippen MR) is 132 cm³/mol. The molecule has 1 aliphatic carbocycles. The molecule has 0 aromatic heterocycles. The topological polar surface area (TPSA) is 75.3 Å². The van der Waals surface area contributed by atoms with Crippen LogP contribution in [-0.2, 0) is 22.9 Å². The van der Waals surface area contributed by atoms with Crippen molar-refractivity contribution < 1.29 is 13.2 Å². The monoisotopic (exact) mass is 482 g/mol. The van der Waals surface area contributed by atoms with Crippen molar-refractivity contribution in [2.24, 2.45) is 0 Å².